The minimum Gasteiger partial charge on any atom is -0.473 e. The molecule has 13 heteroatoms. The van der Waals surface area contributed by atoms with E-state index in [2.05, 4.69) is 36.6 Å². The van der Waals surface area contributed by atoms with E-state index in [1.165, 1.54) is 18.5 Å². The van der Waals surface area contributed by atoms with Crippen LogP contribution in [0.3, 0.4) is 0 Å². The van der Waals surface area contributed by atoms with Crippen molar-refractivity contribution in [2.24, 2.45) is 5.73 Å². The van der Waals surface area contributed by atoms with Gasteiger partial charge in [-0.3, -0.25) is 9.69 Å². The number of carbonyl (C=O) groups is 2. The van der Waals surface area contributed by atoms with Crippen LogP contribution in [-0.2, 0) is 16.1 Å². The first-order chi connectivity index (χ1) is 23.0. The fourth-order valence-corrected chi connectivity index (χ4v) is 5.54. The Morgan fingerprint density at radius 1 is 1.19 bits per heavy atom. The van der Waals surface area contributed by atoms with Crippen LogP contribution in [0.15, 0.2) is 54.9 Å². The number of aromatic nitrogens is 3. The van der Waals surface area contributed by atoms with Crippen molar-refractivity contribution in [3.05, 3.63) is 82.9 Å². The van der Waals surface area contributed by atoms with Gasteiger partial charge in [0.25, 0.3) is 0 Å². The zero-order chi connectivity index (χ0) is 33.8. The summed E-state index contributed by atoms with van der Waals surface area (Å²) in [7, 11) is 0. The van der Waals surface area contributed by atoms with Crippen LogP contribution in [0.2, 0.25) is 0 Å². The van der Waals surface area contributed by atoms with Crippen molar-refractivity contribution in [2.45, 2.75) is 44.7 Å². The van der Waals surface area contributed by atoms with Gasteiger partial charge in [-0.2, -0.15) is 4.98 Å². The normalized spacial score (nSPS) is 17.2. The van der Waals surface area contributed by atoms with Crippen LogP contribution in [0.25, 0.3) is 11.0 Å². The van der Waals surface area contributed by atoms with Crippen molar-refractivity contribution < 1.29 is 33.3 Å². The lowest BCUT2D eigenvalue weighted by atomic mass is 10.0. The highest BCUT2D eigenvalue weighted by molar-refractivity contribution is 5.99. The Bertz CT molecular complexity index is 1870. The van der Waals surface area contributed by atoms with E-state index in [9.17, 15) is 19.1 Å². The Balaban J connectivity index is 1.08. The molecule has 0 saturated carbocycles. The highest BCUT2D eigenvalue weighted by Crippen LogP contribution is 2.25. The number of hydrogen-bond donors (Lipinski definition) is 3. The monoisotopic (exact) mass is 656 g/mol. The highest BCUT2D eigenvalue weighted by atomic mass is 19.1. The zero-order valence-corrected chi connectivity index (χ0v) is 26.7. The number of nitrogens with two attached hydrogens (primary N) is 1. The Kier molecular flexibility index (Phi) is 9.58. The number of pyridine rings is 1. The minimum atomic E-state index is -1.26. The van der Waals surface area contributed by atoms with Crippen LogP contribution < -0.4 is 15.4 Å². The van der Waals surface area contributed by atoms with Gasteiger partial charge in [-0.1, -0.05) is 24.0 Å². The van der Waals surface area contributed by atoms with Crippen molar-refractivity contribution in [2.75, 3.05) is 44.2 Å². The molecular weight excluding hydrogens is 619 g/mol. The smallest absolute Gasteiger partial charge is 0.339 e. The highest BCUT2D eigenvalue weighted by Gasteiger charge is 2.35. The average molecular weight is 657 g/mol. The quantitative estimate of drug-likeness (QED) is 0.171. The molecule has 2 atom stereocenters. The number of carbonyl (C=O) groups excluding carboxylic acids is 2. The van der Waals surface area contributed by atoms with Crippen molar-refractivity contribution in [3.8, 4) is 17.7 Å². The first-order valence-electron chi connectivity index (χ1n) is 15.7. The molecule has 0 aliphatic carbocycles. The number of halogens is 1. The van der Waals surface area contributed by atoms with Crippen molar-refractivity contribution in [1.29, 1.82) is 0 Å². The summed E-state index contributed by atoms with van der Waals surface area (Å²) in [5.41, 5.74) is 6.27. The fourth-order valence-electron chi connectivity index (χ4n) is 5.54. The van der Waals surface area contributed by atoms with E-state index in [-0.39, 0.29) is 29.4 Å². The molecule has 0 radical (unpaired) electrons. The van der Waals surface area contributed by atoms with Gasteiger partial charge in [-0.15, -0.1) is 0 Å². The van der Waals surface area contributed by atoms with Crippen LogP contribution in [-0.4, -0.2) is 94.0 Å². The molecule has 2 aliphatic rings. The molecule has 2 saturated heterocycles. The SMILES string of the molecule is CC(C)(O)C#Cc1c(C(=O)OC(CN2CCN(c3cccc(OCc4ccc(C(N)=O)cc4F)n3)CC2)[C@@H]2CCO2)ccc2[nH]cnc12. The number of amides is 1. The molecule has 2 fully saturated rings. The predicted molar refractivity (Wildman–Crippen MR) is 175 cm³/mol. The molecule has 2 aliphatic heterocycles. The van der Waals surface area contributed by atoms with Crippen LogP contribution in [0.5, 0.6) is 5.88 Å². The fraction of sp³-hybridized carbons (Fsp3) is 0.371. The van der Waals surface area contributed by atoms with Gasteiger partial charge in [0.1, 0.15) is 35.5 Å². The molecule has 250 valence electrons. The Hall–Kier alpha value is -5.03. The summed E-state index contributed by atoms with van der Waals surface area (Å²) in [4.78, 5) is 41.3. The van der Waals surface area contributed by atoms with Gasteiger partial charge in [0.15, 0.2) is 0 Å². The maximum Gasteiger partial charge on any atom is 0.339 e. The van der Waals surface area contributed by atoms with E-state index in [1.807, 2.05) is 12.1 Å². The Labute approximate surface area is 277 Å². The number of benzene rings is 2. The summed E-state index contributed by atoms with van der Waals surface area (Å²) in [6.45, 7) is 6.97. The zero-order valence-electron chi connectivity index (χ0n) is 26.7. The molecule has 2 aromatic carbocycles. The van der Waals surface area contributed by atoms with E-state index < -0.39 is 29.4 Å². The lowest BCUT2D eigenvalue weighted by Crippen LogP contribution is -2.53. The number of anilines is 1. The molecule has 6 rings (SSSR count). The van der Waals surface area contributed by atoms with Gasteiger partial charge in [0.05, 0.1) is 29.1 Å². The number of ether oxygens (including phenoxy) is 3. The Morgan fingerprint density at radius 2 is 1.98 bits per heavy atom. The summed E-state index contributed by atoms with van der Waals surface area (Å²) in [5, 5.41) is 10.2. The van der Waals surface area contributed by atoms with E-state index >= 15 is 0 Å². The van der Waals surface area contributed by atoms with Crippen LogP contribution in [0.4, 0.5) is 10.2 Å². The lowest BCUT2D eigenvalue weighted by molar-refractivity contribution is -0.127. The molecular formula is C35H37FN6O6. The second-order valence-corrected chi connectivity index (χ2v) is 12.3. The maximum absolute atomic E-state index is 14.4. The number of fused-ring (bicyclic) bond motifs is 1. The standard InChI is InChI=1S/C35H37FN6O6/c1-35(2,45)12-10-24-25(8-9-27-32(24)39-21-38-27)34(44)48-29(28-11-17-46-28)19-41-13-15-42(16-14-41)30-4-3-5-31(40-30)47-20-23-7-6-22(33(37)43)18-26(23)36/h3-9,18,21,28-29,45H,11,13-17,19-20H2,1-2H3,(H2,37,43)(H,38,39)/t28-,29?/m0/s1. The van der Waals surface area contributed by atoms with Crippen molar-refractivity contribution in [1.82, 2.24) is 19.9 Å². The number of imidazole rings is 1. The van der Waals surface area contributed by atoms with Gasteiger partial charge in [-0.25, -0.2) is 14.2 Å². The predicted octanol–water partition coefficient (Wildman–Crippen LogP) is 3.03. The third kappa shape index (κ3) is 7.74. The molecule has 12 nitrogen and oxygen atoms in total. The molecule has 4 N–H and O–H groups in total. The minimum absolute atomic E-state index is 0.0541. The number of H-pyrrole nitrogens is 1. The second-order valence-electron chi connectivity index (χ2n) is 12.3. The summed E-state index contributed by atoms with van der Waals surface area (Å²) in [5.74, 6) is 5.02. The van der Waals surface area contributed by atoms with Crippen LogP contribution in [0, 0.1) is 17.7 Å². The topological polar surface area (TPSA) is 156 Å². The number of hydrogen-bond acceptors (Lipinski definition) is 10. The number of nitrogens with one attached hydrogen (secondary N) is 1. The second kappa shape index (κ2) is 14.0. The van der Waals surface area contributed by atoms with Gasteiger partial charge >= 0.3 is 5.97 Å². The molecule has 1 amide bonds. The molecule has 1 unspecified atom stereocenters. The summed E-state index contributed by atoms with van der Waals surface area (Å²) in [6, 6.07) is 12.9. The van der Waals surface area contributed by atoms with Gasteiger partial charge in [0.2, 0.25) is 11.8 Å². The van der Waals surface area contributed by atoms with E-state index in [4.69, 9.17) is 19.9 Å². The largest absolute Gasteiger partial charge is 0.473 e. The molecule has 2 aromatic heterocycles. The number of rotatable bonds is 10. The Morgan fingerprint density at radius 3 is 2.67 bits per heavy atom. The van der Waals surface area contributed by atoms with E-state index in [0.717, 1.165) is 23.8 Å². The number of primary amides is 1. The molecule has 48 heavy (non-hydrogen) atoms. The van der Waals surface area contributed by atoms with Gasteiger partial charge < -0.3 is 34.9 Å². The molecule has 4 aromatic rings. The van der Waals surface area contributed by atoms with Gasteiger partial charge in [-0.05, 0) is 44.2 Å². The third-order valence-corrected chi connectivity index (χ3v) is 8.27. The van der Waals surface area contributed by atoms with Crippen molar-refractivity contribution in [3.63, 3.8) is 0 Å². The van der Waals surface area contributed by atoms with Crippen LogP contribution >= 0.6 is 0 Å². The van der Waals surface area contributed by atoms with Crippen molar-refractivity contribution >= 4 is 28.7 Å². The number of esters is 1. The number of piperazine rings is 1. The number of nitrogens with zero attached hydrogens (tertiary/aromatic N) is 4. The first kappa shape index (κ1) is 32.9. The third-order valence-electron chi connectivity index (χ3n) is 8.27. The molecule has 0 bridgehead atoms. The maximum atomic E-state index is 14.4. The molecule has 0 spiro atoms. The van der Waals surface area contributed by atoms with Gasteiger partial charge in [0, 0.05) is 62.9 Å². The van der Waals surface area contributed by atoms with E-state index in [1.54, 1.807) is 32.0 Å². The number of aromatic amines is 1. The summed E-state index contributed by atoms with van der Waals surface area (Å²) < 4.78 is 32.0. The average Bonchev–Trinajstić information content (AvgIpc) is 3.51. The summed E-state index contributed by atoms with van der Waals surface area (Å²) in [6.07, 6.45) is 1.62. The lowest BCUT2D eigenvalue weighted by Gasteiger charge is -2.40. The molecule has 4 heterocycles. The number of aliphatic hydroxyl groups is 1. The van der Waals surface area contributed by atoms with E-state index in [0.29, 0.717) is 56.3 Å². The van der Waals surface area contributed by atoms with Crippen LogP contribution in [0.1, 0.15) is 52.1 Å². The first-order valence-corrected chi connectivity index (χ1v) is 15.7. The summed E-state index contributed by atoms with van der Waals surface area (Å²) >= 11 is 0.